The molecule has 0 radical (unpaired) electrons. The zero-order chi connectivity index (χ0) is 43.6. The molecule has 1 N–H and O–H groups in total. The molecule has 0 unspecified atom stereocenters. The first-order valence-corrected chi connectivity index (χ1v) is 23.6. The minimum absolute atomic E-state index is 0.0639. The van der Waals surface area contributed by atoms with Crippen LogP contribution in [0.25, 0.3) is 11.1 Å². The second-order valence-corrected chi connectivity index (χ2v) is 20.4. The highest BCUT2D eigenvalue weighted by atomic mass is 32.2. The summed E-state index contributed by atoms with van der Waals surface area (Å²) in [6.07, 6.45) is 1.41. The Bertz CT molecular complexity index is 2180. The Morgan fingerprint density at radius 3 is 1.79 bits per heavy atom. The molecule has 5 aromatic rings. The molecular weight excluding hydrogens is 785 g/mol. The Hall–Kier alpha value is -4.63. The van der Waals surface area contributed by atoms with Gasteiger partial charge in [0.15, 0.2) is 0 Å². The Balaban J connectivity index is 1.10. The van der Waals surface area contributed by atoms with Crippen molar-refractivity contribution >= 4 is 30.8 Å². The first kappa shape index (κ1) is 44.0. The van der Waals surface area contributed by atoms with Crippen molar-refractivity contribution in [1.29, 1.82) is 0 Å². The SMILES string of the molecule is CC(C)C[C@H](NC(=O)[C@H](CSC(c1ccccc1)(c1ccccc1)c1ccccc1)CC(=O)OCC1c2ccccc2-c2ccccc21)B1O[C@@H]2C[C@H](C)C(C)(C)[C@H](C)[C@]2(C)O1. The zero-order valence-electron chi connectivity index (χ0n) is 37.4. The molecule has 0 aromatic heterocycles. The van der Waals surface area contributed by atoms with Crippen LogP contribution < -0.4 is 5.32 Å². The van der Waals surface area contributed by atoms with Gasteiger partial charge in [-0.25, -0.2) is 0 Å². The van der Waals surface area contributed by atoms with Crippen molar-refractivity contribution in [2.24, 2.45) is 29.1 Å². The van der Waals surface area contributed by atoms with Crippen molar-refractivity contribution in [2.75, 3.05) is 12.4 Å². The van der Waals surface area contributed by atoms with Crippen molar-refractivity contribution in [2.45, 2.75) is 96.0 Å². The molecule has 3 aliphatic rings. The molecule has 8 rings (SSSR count). The fraction of sp³-hybridized carbons (Fsp3) is 0.407. The molecule has 1 heterocycles. The molecule has 2 aliphatic carbocycles. The van der Waals surface area contributed by atoms with Gasteiger partial charge in [0.05, 0.1) is 34.7 Å². The fourth-order valence-electron chi connectivity index (χ4n) is 10.4. The van der Waals surface area contributed by atoms with Gasteiger partial charge in [0.2, 0.25) is 5.91 Å². The Morgan fingerprint density at radius 1 is 0.774 bits per heavy atom. The second-order valence-electron chi connectivity index (χ2n) is 19.1. The predicted octanol–water partition coefficient (Wildman–Crippen LogP) is 11.5. The number of amides is 1. The Kier molecular flexibility index (Phi) is 12.9. The summed E-state index contributed by atoms with van der Waals surface area (Å²) in [4.78, 5) is 29.4. The summed E-state index contributed by atoms with van der Waals surface area (Å²) < 4.78 is 19.4. The summed E-state index contributed by atoms with van der Waals surface area (Å²) in [5.41, 5.74) is 7.50. The van der Waals surface area contributed by atoms with E-state index in [4.69, 9.17) is 14.0 Å². The number of ether oxygens (including phenoxy) is 1. The van der Waals surface area contributed by atoms with Gasteiger partial charge in [0.1, 0.15) is 6.61 Å². The maximum absolute atomic E-state index is 15.1. The van der Waals surface area contributed by atoms with Crippen molar-refractivity contribution in [3.63, 3.8) is 0 Å². The van der Waals surface area contributed by atoms with Crippen LogP contribution in [0, 0.1) is 29.1 Å². The number of fused-ring (bicyclic) bond motifs is 4. The van der Waals surface area contributed by atoms with E-state index in [9.17, 15) is 4.79 Å². The van der Waals surface area contributed by atoms with E-state index in [-0.39, 0.29) is 48.2 Å². The molecule has 8 heteroatoms. The minimum atomic E-state index is -0.724. The summed E-state index contributed by atoms with van der Waals surface area (Å²) in [6, 6.07) is 48.1. The van der Waals surface area contributed by atoms with Crippen LogP contribution in [0.1, 0.15) is 101 Å². The number of hydrogen-bond acceptors (Lipinski definition) is 6. The lowest BCUT2D eigenvalue weighted by atomic mass is 9.57. The smallest absolute Gasteiger partial charge is 0.465 e. The van der Waals surface area contributed by atoms with E-state index < -0.39 is 35.3 Å². The summed E-state index contributed by atoms with van der Waals surface area (Å²) in [6.45, 7) is 16.0. The number of thioether (sulfide) groups is 1. The van der Waals surface area contributed by atoms with Gasteiger partial charge in [0.25, 0.3) is 0 Å². The molecule has 6 atom stereocenters. The van der Waals surface area contributed by atoms with Gasteiger partial charge in [-0.1, -0.05) is 181 Å². The molecule has 6 nitrogen and oxygen atoms in total. The van der Waals surface area contributed by atoms with E-state index in [1.807, 2.05) is 30.3 Å². The highest BCUT2D eigenvalue weighted by Crippen LogP contribution is 2.55. The topological polar surface area (TPSA) is 73.9 Å². The number of benzene rings is 5. The van der Waals surface area contributed by atoms with E-state index in [0.29, 0.717) is 18.1 Å². The molecule has 1 saturated heterocycles. The third kappa shape index (κ3) is 8.43. The third-order valence-corrected chi connectivity index (χ3v) is 16.4. The van der Waals surface area contributed by atoms with E-state index in [1.165, 1.54) is 11.1 Å². The lowest BCUT2D eigenvalue weighted by Gasteiger charge is -2.53. The van der Waals surface area contributed by atoms with Gasteiger partial charge in [0, 0.05) is 11.7 Å². The van der Waals surface area contributed by atoms with Gasteiger partial charge < -0.3 is 19.4 Å². The van der Waals surface area contributed by atoms with Crippen molar-refractivity contribution in [1.82, 2.24) is 5.32 Å². The van der Waals surface area contributed by atoms with Crippen molar-refractivity contribution in [3.05, 3.63) is 167 Å². The highest BCUT2D eigenvalue weighted by molar-refractivity contribution is 8.00. The lowest BCUT2D eigenvalue weighted by molar-refractivity contribution is -0.146. The molecule has 0 bridgehead atoms. The van der Waals surface area contributed by atoms with E-state index >= 15 is 4.79 Å². The maximum atomic E-state index is 15.1. The normalized spacial score (nSPS) is 22.6. The van der Waals surface area contributed by atoms with Gasteiger partial charge in [-0.2, -0.15) is 0 Å². The maximum Gasteiger partial charge on any atom is 0.481 e. The lowest BCUT2D eigenvalue weighted by Crippen LogP contribution is -2.56. The Morgan fingerprint density at radius 2 is 1.27 bits per heavy atom. The fourth-order valence-corrected chi connectivity index (χ4v) is 12.1. The number of nitrogens with one attached hydrogen (secondary N) is 1. The Labute approximate surface area is 374 Å². The van der Waals surface area contributed by atoms with Crippen LogP contribution >= 0.6 is 11.8 Å². The van der Waals surface area contributed by atoms with Crippen LogP contribution in [-0.4, -0.2) is 49.0 Å². The molecule has 0 spiro atoms. The van der Waals surface area contributed by atoms with Crippen LogP contribution in [0.3, 0.4) is 0 Å². The zero-order valence-corrected chi connectivity index (χ0v) is 38.2. The number of carbonyl (C=O) groups excluding carboxylic acids is 2. The summed E-state index contributed by atoms with van der Waals surface area (Å²) in [7, 11) is -0.611. The molecule has 322 valence electrons. The first-order valence-electron chi connectivity index (χ1n) is 22.6. The van der Waals surface area contributed by atoms with Crippen LogP contribution in [-0.2, 0) is 28.4 Å². The molecular formula is C54H62BNO5S. The van der Waals surface area contributed by atoms with Crippen LogP contribution in [0.5, 0.6) is 0 Å². The number of esters is 1. The number of hydrogen-bond donors (Lipinski definition) is 1. The van der Waals surface area contributed by atoms with Crippen molar-refractivity contribution < 1.29 is 23.6 Å². The first-order chi connectivity index (χ1) is 29.8. The average Bonchev–Trinajstić information content (AvgIpc) is 3.80. The number of carbonyl (C=O) groups is 2. The van der Waals surface area contributed by atoms with E-state index in [1.54, 1.807) is 11.8 Å². The quantitative estimate of drug-likeness (QED) is 0.0643. The summed E-state index contributed by atoms with van der Waals surface area (Å²) in [5.74, 6) is -0.514. The van der Waals surface area contributed by atoms with Gasteiger partial charge >= 0.3 is 13.1 Å². The van der Waals surface area contributed by atoms with E-state index in [2.05, 4.69) is 163 Å². The largest absolute Gasteiger partial charge is 0.481 e. The van der Waals surface area contributed by atoms with Crippen LogP contribution in [0.2, 0.25) is 0 Å². The third-order valence-electron chi connectivity index (χ3n) is 14.7. The summed E-state index contributed by atoms with van der Waals surface area (Å²) in [5, 5.41) is 3.44. The minimum Gasteiger partial charge on any atom is -0.465 e. The van der Waals surface area contributed by atoms with Crippen molar-refractivity contribution in [3.8, 4) is 11.1 Å². The second kappa shape index (κ2) is 18.2. The predicted molar refractivity (Wildman–Crippen MR) is 253 cm³/mol. The number of rotatable bonds is 15. The molecule has 1 amide bonds. The van der Waals surface area contributed by atoms with Gasteiger partial charge in [-0.05, 0) is 81.9 Å². The molecule has 1 saturated carbocycles. The van der Waals surface area contributed by atoms with Gasteiger partial charge in [-0.3, -0.25) is 9.59 Å². The monoisotopic (exact) mass is 847 g/mol. The molecule has 62 heavy (non-hydrogen) atoms. The van der Waals surface area contributed by atoms with Crippen LogP contribution in [0.4, 0.5) is 0 Å². The molecule has 5 aromatic carbocycles. The van der Waals surface area contributed by atoms with E-state index in [0.717, 1.165) is 34.2 Å². The van der Waals surface area contributed by atoms with Gasteiger partial charge in [-0.15, -0.1) is 11.8 Å². The average molecular weight is 848 g/mol. The highest BCUT2D eigenvalue weighted by Gasteiger charge is 2.61. The summed E-state index contributed by atoms with van der Waals surface area (Å²) >= 11 is 1.69. The van der Waals surface area contributed by atoms with Crippen LogP contribution in [0.15, 0.2) is 140 Å². The molecule has 1 aliphatic heterocycles. The molecule has 2 fully saturated rings. The standard InChI is InChI=1S/C54H62BNO5S/c1-36(2)31-49(55-60-48-32-37(3)52(5,6)38(4)53(48,7)61-55)56-51(58)39(33-50(57)59-34-47-45-29-19-17-27-43(45)44-28-18-20-30-46(44)47)35-62-54(40-21-11-8-12-22-40,41-23-13-9-14-24-41)42-25-15-10-16-26-42/h8-30,36-39,47-49H,31-35H2,1-7H3,(H,56,58)/t37-,38-,39-,48+,49-,53-/m0/s1.